The van der Waals surface area contributed by atoms with Gasteiger partial charge >= 0.3 is 0 Å². The zero-order chi connectivity index (χ0) is 11.1. The van der Waals surface area contributed by atoms with Crippen molar-refractivity contribution in [3.05, 3.63) is 29.3 Å². The van der Waals surface area contributed by atoms with Gasteiger partial charge in [0.1, 0.15) is 12.4 Å². The Morgan fingerprint density at radius 3 is 3.00 bits per heavy atom. The molecule has 1 fully saturated rings. The minimum Gasteiger partial charge on any atom is -0.491 e. The van der Waals surface area contributed by atoms with Crippen LogP contribution < -0.4 is 10.1 Å². The van der Waals surface area contributed by atoms with Crippen LogP contribution in [0.25, 0.3) is 0 Å². The molecule has 0 spiro atoms. The smallest absolute Gasteiger partial charge is 0.255 e. The van der Waals surface area contributed by atoms with E-state index in [1.807, 2.05) is 12.1 Å². The van der Waals surface area contributed by atoms with Gasteiger partial charge in [-0.2, -0.15) is 0 Å². The Labute approximate surface area is 94.8 Å². The summed E-state index contributed by atoms with van der Waals surface area (Å²) < 4.78 is 5.59. The summed E-state index contributed by atoms with van der Waals surface area (Å²) in [6.45, 7) is 3.40. The lowest BCUT2D eigenvalue weighted by Gasteiger charge is -2.07. The van der Waals surface area contributed by atoms with Crippen molar-refractivity contribution < 1.29 is 9.53 Å². The highest BCUT2D eigenvalue weighted by Gasteiger charge is 2.34. The quantitative estimate of drug-likeness (QED) is 0.780. The number of rotatable bonds is 1. The number of carbonyl (C=O) groups is 1. The summed E-state index contributed by atoms with van der Waals surface area (Å²) >= 11 is 0. The second kappa shape index (κ2) is 3.51. The number of fused-ring (bicyclic) bond motifs is 1. The van der Waals surface area contributed by atoms with Crippen molar-refractivity contribution >= 4 is 5.91 Å². The molecule has 2 aliphatic rings. The van der Waals surface area contributed by atoms with Crippen LogP contribution in [0.2, 0.25) is 0 Å². The average Bonchev–Trinajstić information content (AvgIpc) is 3.03. The van der Waals surface area contributed by atoms with Crippen LogP contribution in [-0.4, -0.2) is 19.1 Å². The lowest BCUT2D eigenvalue weighted by atomic mass is 10.1. The van der Waals surface area contributed by atoms with Crippen molar-refractivity contribution in [2.75, 3.05) is 13.2 Å². The third-order valence-electron chi connectivity index (χ3n) is 3.43. The highest BCUT2D eigenvalue weighted by molar-refractivity contribution is 5.97. The number of amides is 1. The number of benzene rings is 1. The van der Waals surface area contributed by atoms with Crippen LogP contribution in [0.15, 0.2) is 18.2 Å². The fourth-order valence-corrected chi connectivity index (χ4v) is 2.28. The highest BCUT2D eigenvalue weighted by Crippen LogP contribution is 2.47. The lowest BCUT2D eigenvalue weighted by Crippen LogP contribution is -2.24. The largest absolute Gasteiger partial charge is 0.491 e. The molecule has 3 rings (SSSR count). The molecular formula is C13H15NO2. The summed E-state index contributed by atoms with van der Waals surface area (Å²) in [7, 11) is 0. The molecule has 1 unspecified atom stereocenters. The van der Waals surface area contributed by atoms with Gasteiger partial charge in [-0.05, 0) is 36.0 Å². The van der Waals surface area contributed by atoms with Gasteiger partial charge in [-0.1, -0.05) is 13.0 Å². The zero-order valence-corrected chi connectivity index (χ0v) is 9.32. The van der Waals surface area contributed by atoms with Crippen LogP contribution in [0, 0.1) is 5.92 Å². The highest BCUT2D eigenvalue weighted by atomic mass is 16.5. The van der Waals surface area contributed by atoms with E-state index in [4.69, 9.17) is 4.74 Å². The van der Waals surface area contributed by atoms with E-state index in [1.165, 1.54) is 12.0 Å². The molecule has 3 heteroatoms. The Bertz CT molecular complexity index is 442. The van der Waals surface area contributed by atoms with Gasteiger partial charge in [-0.3, -0.25) is 4.79 Å². The van der Waals surface area contributed by atoms with Gasteiger partial charge in [0, 0.05) is 0 Å². The van der Waals surface area contributed by atoms with E-state index in [2.05, 4.69) is 18.3 Å². The number of nitrogens with one attached hydrogen (secondary N) is 1. The summed E-state index contributed by atoms with van der Waals surface area (Å²) in [6.07, 6.45) is 1.25. The number of hydrogen-bond acceptors (Lipinski definition) is 2. The van der Waals surface area contributed by atoms with E-state index >= 15 is 0 Å². The molecule has 0 saturated heterocycles. The molecule has 1 amide bonds. The van der Waals surface area contributed by atoms with E-state index in [1.54, 1.807) is 0 Å². The van der Waals surface area contributed by atoms with Crippen molar-refractivity contribution in [2.45, 2.75) is 19.3 Å². The Kier molecular flexibility index (Phi) is 2.13. The molecule has 2 atom stereocenters. The molecule has 1 heterocycles. The number of ether oxygens (including phenoxy) is 1. The first-order chi connectivity index (χ1) is 7.75. The van der Waals surface area contributed by atoms with Gasteiger partial charge in [0.2, 0.25) is 0 Å². The molecule has 1 aromatic carbocycles. The molecule has 0 radical (unpaired) electrons. The maximum atomic E-state index is 11.7. The fourth-order valence-electron chi connectivity index (χ4n) is 2.28. The molecule has 1 aliphatic heterocycles. The normalized spacial score (nSPS) is 27.4. The van der Waals surface area contributed by atoms with Crippen molar-refractivity contribution in [1.82, 2.24) is 5.32 Å². The van der Waals surface area contributed by atoms with Crippen LogP contribution in [0.1, 0.15) is 35.2 Å². The van der Waals surface area contributed by atoms with E-state index in [0.29, 0.717) is 24.6 Å². The third-order valence-corrected chi connectivity index (χ3v) is 3.43. The van der Waals surface area contributed by atoms with Gasteiger partial charge in [0.05, 0.1) is 12.1 Å². The van der Waals surface area contributed by atoms with Crippen LogP contribution >= 0.6 is 0 Å². The molecule has 1 aromatic rings. The maximum Gasteiger partial charge on any atom is 0.255 e. The average molecular weight is 217 g/mol. The fraction of sp³-hybridized carbons (Fsp3) is 0.462. The first kappa shape index (κ1) is 9.70. The summed E-state index contributed by atoms with van der Waals surface area (Å²) in [4.78, 5) is 11.7. The number of carbonyl (C=O) groups excluding carboxylic acids is 1. The van der Waals surface area contributed by atoms with Gasteiger partial charge in [0.15, 0.2) is 0 Å². The van der Waals surface area contributed by atoms with E-state index in [9.17, 15) is 4.79 Å². The lowest BCUT2D eigenvalue weighted by molar-refractivity contribution is 0.0957. The molecule has 84 valence electrons. The van der Waals surface area contributed by atoms with E-state index in [-0.39, 0.29) is 5.91 Å². The maximum absolute atomic E-state index is 11.7. The summed E-state index contributed by atoms with van der Waals surface area (Å²) in [6, 6.07) is 5.98. The standard InChI is InChI=1S/C13H15NO2/c1-8-6-11(8)9-2-3-10-12(7-9)16-5-4-14-13(10)15/h2-3,7-8,11H,4-6H2,1H3,(H,14,15)/t8-,11?/m0/s1. The Morgan fingerprint density at radius 2 is 2.25 bits per heavy atom. The van der Waals surface area contributed by atoms with Gasteiger partial charge in [0.25, 0.3) is 5.91 Å². The summed E-state index contributed by atoms with van der Waals surface area (Å²) in [5.74, 6) is 2.16. The first-order valence-electron chi connectivity index (χ1n) is 5.80. The number of hydrogen-bond donors (Lipinski definition) is 1. The van der Waals surface area contributed by atoms with Gasteiger partial charge < -0.3 is 10.1 Å². The second-order valence-corrected chi connectivity index (χ2v) is 4.68. The topological polar surface area (TPSA) is 38.3 Å². The molecule has 1 saturated carbocycles. The minimum atomic E-state index is -0.0251. The van der Waals surface area contributed by atoms with E-state index in [0.717, 1.165) is 11.7 Å². The summed E-state index contributed by atoms with van der Waals surface area (Å²) in [5, 5.41) is 2.81. The predicted molar refractivity (Wildman–Crippen MR) is 60.8 cm³/mol. The Hall–Kier alpha value is -1.51. The Morgan fingerprint density at radius 1 is 1.44 bits per heavy atom. The molecule has 1 aliphatic carbocycles. The molecule has 16 heavy (non-hydrogen) atoms. The monoisotopic (exact) mass is 217 g/mol. The van der Waals surface area contributed by atoms with Crippen molar-refractivity contribution in [1.29, 1.82) is 0 Å². The van der Waals surface area contributed by atoms with Gasteiger partial charge in [-0.15, -0.1) is 0 Å². The van der Waals surface area contributed by atoms with Crippen LogP contribution in [0.5, 0.6) is 5.75 Å². The Balaban J connectivity index is 1.97. The molecule has 0 aromatic heterocycles. The van der Waals surface area contributed by atoms with E-state index < -0.39 is 0 Å². The predicted octanol–water partition coefficient (Wildman–Crippen LogP) is 1.93. The van der Waals surface area contributed by atoms with Gasteiger partial charge in [-0.25, -0.2) is 0 Å². The summed E-state index contributed by atoms with van der Waals surface area (Å²) in [5.41, 5.74) is 1.97. The van der Waals surface area contributed by atoms with Crippen molar-refractivity contribution in [2.24, 2.45) is 5.92 Å². The molecular weight excluding hydrogens is 202 g/mol. The van der Waals surface area contributed by atoms with Crippen LogP contribution in [0.3, 0.4) is 0 Å². The molecule has 1 N–H and O–H groups in total. The van der Waals surface area contributed by atoms with Crippen LogP contribution in [0.4, 0.5) is 0 Å². The van der Waals surface area contributed by atoms with Crippen molar-refractivity contribution in [3.63, 3.8) is 0 Å². The molecule has 0 bridgehead atoms. The second-order valence-electron chi connectivity index (χ2n) is 4.68. The third kappa shape index (κ3) is 1.56. The zero-order valence-electron chi connectivity index (χ0n) is 9.32. The minimum absolute atomic E-state index is 0.0251. The van der Waals surface area contributed by atoms with Crippen molar-refractivity contribution in [3.8, 4) is 5.75 Å². The molecule has 3 nitrogen and oxygen atoms in total. The first-order valence-corrected chi connectivity index (χ1v) is 5.80. The van der Waals surface area contributed by atoms with Crippen LogP contribution in [-0.2, 0) is 0 Å². The SMILES string of the molecule is C[C@H]1CC1c1ccc2c(c1)OCCNC2=O.